The van der Waals surface area contributed by atoms with Crippen molar-refractivity contribution in [2.75, 3.05) is 30.3 Å². The predicted molar refractivity (Wildman–Crippen MR) is 114 cm³/mol. The summed E-state index contributed by atoms with van der Waals surface area (Å²) in [6, 6.07) is 6.24. The quantitative estimate of drug-likeness (QED) is 0.668. The van der Waals surface area contributed by atoms with Crippen LogP contribution in [0.15, 0.2) is 18.2 Å². The largest absolute Gasteiger partial charge is 0.398 e. The molecule has 5 heteroatoms. The lowest BCUT2D eigenvalue weighted by molar-refractivity contribution is -0.130. The molecule has 1 aliphatic carbocycles. The molecule has 0 aromatic heterocycles. The Morgan fingerprint density at radius 2 is 2.04 bits per heavy atom. The van der Waals surface area contributed by atoms with Crippen molar-refractivity contribution in [3.63, 3.8) is 0 Å². The average Bonchev–Trinajstić information content (AvgIpc) is 3.32. The molecule has 2 N–H and O–H groups in total. The van der Waals surface area contributed by atoms with Gasteiger partial charge in [0, 0.05) is 37.8 Å². The van der Waals surface area contributed by atoms with E-state index in [2.05, 4.69) is 23.6 Å². The number of nitrogen functional groups attached to an aromatic ring is 1. The highest BCUT2D eigenvalue weighted by atomic mass is 35.5. The summed E-state index contributed by atoms with van der Waals surface area (Å²) in [5.41, 5.74) is 7.60. The van der Waals surface area contributed by atoms with Gasteiger partial charge in [-0.25, -0.2) is 0 Å². The first-order valence-corrected chi connectivity index (χ1v) is 10.9. The lowest BCUT2D eigenvalue weighted by Gasteiger charge is -2.33. The fourth-order valence-corrected chi connectivity index (χ4v) is 4.74. The normalized spacial score (nSPS) is 20.6. The summed E-state index contributed by atoms with van der Waals surface area (Å²) in [7, 11) is 0. The van der Waals surface area contributed by atoms with E-state index in [4.69, 9.17) is 17.3 Å². The van der Waals surface area contributed by atoms with Crippen LogP contribution >= 0.6 is 11.6 Å². The van der Waals surface area contributed by atoms with Crippen molar-refractivity contribution in [1.29, 1.82) is 0 Å². The van der Waals surface area contributed by atoms with Crippen LogP contribution in [0, 0.1) is 11.8 Å². The molecule has 0 radical (unpaired) electrons. The molecule has 1 saturated carbocycles. The summed E-state index contributed by atoms with van der Waals surface area (Å²) in [5.74, 6) is 1.65. The molecule has 1 aliphatic heterocycles. The zero-order chi connectivity index (χ0) is 19.4. The summed E-state index contributed by atoms with van der Waals surface area (Å²) in [5, 5.41) is 0.601. The van der Waals surface area contributed by atoms with Crippen LogP contribution in [0.2, 0.25) is 5.02 Å². The molecular weight excluding hydrogens is 358 g/mol. The zero-order valence-electron chi connectivity index (χ0n) is 16.8. The minimum absolute atomic E-state index is 0.337. The van der Waals surface area contributed by atoms with Crippen LogP contribution in [0.5, 0.6) is 0 Å². The second kappa shape index (κ2) is 9.18. The minimum Gasteiger partial charge on any atom is -0.398 e. The Bertz CT molecular complexity index is 642. The van der Waals surface area contributed by atoms with E-state index in [0.717, 1.165) is 50.5 Å². The van der Waals surface area contributed by atoms with Crippen molar-refractivity contribution < 1.29 is 4.79 Å². The number of amides is 1. The molecule has 1 unspecified atom stereocenters. The van der Waals surface area contributed by atoms with Crippen LogP contribution < -0.4 is 10.6 Å². The molecule has 1 saturated heterocycles. The number of benzene rings is 1. The van der Waals surface area contributed by atoms with Gasteiger partial charge < -0.3 is 15.5 Å². The number of hydrogen-bond donors (Lipinski definition) is 1. The van der Waals surface area contributed by atoms with Gasteiger partial charge in [-0.2, -0.15) is 0 Å². The fraction of sp³-hybridized carbons (Fsp3) is 0.682. The van der Waals surface area contributed by atoms with E-state index in [1.165, 1.54) is 25.7 Å². The molecule has 0 bridgehead atoms. The molecule has 1 atom stereocenters. The zero-order valence-corrected chi connectivity index (χ0v) is 17.5. The van der Waals surface area contributed by atoms with E-state index >= 15 is 0 Å². The van der Waals surface area contributed by atoms with Crippen molar-refractivity contribution >= 4 is 28.9 Å². The Kier molecular flexibility index (Phi) is 6.91. The van der Waals surface area contributed by atoms with Gasteiger partial charge in [-0.1, -0.05) is 51.1 Å². The lowest BCUT2D eigenvalue weighted by atomic mass is 10.0. The van der Waals surface area contributed by atoms with Gasteiger partial charge >= 0.3 is 0 Å². The molecule has 2 aliphatic rings. The number of nitrogens with two attached hydrogens (primary N) is 1. The maximum atomic E-state index is 12.7. The fourth-order valence-electron chi connectivity index (χ4n) is 4.56. The smallest absolute Gasteiger partial charge is 0.222 e. The maximum Gasteiger partial charge on any atom is 0.222 e. The number of rotatable bonds is 7. The van der Waals surface area contributed by atoms with E-state index in [0.29, 0.717) is 28.6 Å². The highest BCUT2D eigenvalue weighted by molar-refractivity contribution is 6.33. The van der Waals surface area contributed by atoms with Crippen LogP contribution in [0.3, 0.4) is 0 Å². The highest BCUT2D eigenvalue weighted by Gasteiger charge is 2.31. The minimum atomic E-state index is 0.337. The Balaban J connectivity index is 1.62. The molecule has 4 nitrogen and oxygen atoms in total. The highest BCUT2D eigenvalue weighted by Crippen LogP contribution is 2.31. The number of hydrogen-bond acceptors (Lipinski definition) is 3. The monoisotopic (exact) mass is 391 g/mol. The van der Waals surface area contributed by atoms with Gasteiger partial charge in [-0.05, 0) is 42.9 Å². The molecule has 0 spiro atoms. The first kappa shape index (κ1) is 20.3. The third-order valence-electron chi connectivity index (χ3n) is 6.08. The van der Waals surface area contributed by atoms with E-state index in [1.807, 2.05) is 18.2 Å². The first-order valence-electron chi connectivity index (χ1n) is 10.5. The number of carbonyl (C=O) groups is 1. The molecule has 1 aromatic rings. The summed E-state index contributed by atoms with van der Waals surface area (Å²) >= 11 is 6.27. The molecule has 150 valence electrons. The van der Waals surface area contributed by atoms with Gasteiger partial charge in [-0.3, -0.25) is 4.79 Å². The number of anilines is 2. The predicted octanol–water partition coefficient (Wildman–Crippen LogP) is 4.96. The van der Waals surface area contributed by atoms with Crippen LogP contribution in [-0.4, -0.2) is 36.5 Å². The van der Waals surface area contributed by atoms with Gasteiger partial charge in [0.25, 0.3) is 0 Å². The summed E-state index contributed by atoms with van der Waals surface area (Å²) < 4.78 is 0. The third kappa shape index (κ3) is 5.31. The van der Waals surface area contributed by atoms with E-state index in [-0.39, 0.29) is 0 Å². The Hall–Kier alpha value is -1.42. The summed E-state index contributed by atoms with van der Waals surface area (Å²) in [4.78, 5) is 17.2. The Morgan fingerprint density at radius 3 is 2.70 bits per heavy atom. The van der Waals surface area contributed by atoms with Crippen LogP contribution in [0.25, 0.3) is 0 Å². The van der Waals surface area contributed by atoms with E-state index in [9.17, 15) is 4.79 Å². The standard InChI is InChI=1S/C22H34ClN3O/c1-16(2)14-26(18-8-9-21(24)20(23)13-18)19-11-12-25(15-19)22(27)10-7-17-5-3-4-6-17/h8-9,13,16-17,19H,3-7,10-12,14-15,24H2,1-2H3. The molecule has 1 amide bonds. The van der Waals surface area contributed by atoms with Crippen LogP contribution in [0.1, 0.15) is 58.8 Å². The molecular formula is C22H34ClN3O. The Morgan fingerprint density at radius 1 is 1.30 bits per heavy atom. The topological polar surface area (TPSA) is 49.6 Å². The van der Waals surface area contributed by atoms with Crippen molar-refractivity contribution in [3.05, 3.63) is 23.2 Å². The van der Waals surface area contributed by atoms with Crippen molar-refractivity contribution in [2.45, 2.75) is 64.8 Å². The molecule has 3 rings (SSSR count). The molecule has 2 fully saturated rings. The number of halogens is 1. The molecule has 27 heavy (non-hydrogen) atoms. The first-order chi connectivity index (χ1) is 12.9. The van der Waals surface area contributed by atoms with Crippen molar-refractivity contribution in [1.82, 2.24) is 4.90 Å². The van der Waals surface area contributed by atoms with Gasteiger partial charge in [0.2, 0.25) is 5.91 Å². The second-order valence-electron chi connectivity index (χ2n) is 8.72. The van der Waals surface area contributed by atoms with Gasteiger partial charge in [-0.15, -0.1) is 0 Å². The lowest BCUT2D eigenvalue weighted by Crippen LogP contribution is -2.41. The van der Waals surface area contributed by atoms with Crippen molar-refractivity contribution in [2.24, 2.45) is 11.8 Å². The van der Waals surface area contributed by atoms with Crippen LogP contribution in [-0.2, 0) is 4.79 Å². The number of carbonyl (C=O) groups excluding carboxylic acids is 1. The summed E-state index contributed by atoms with van der Waals surface area (Å²) in [6.45, 7) is 7.09. The van der Waals surface area contributed by atoms with Gasteiger partial charge in [0.05, 0.1) is 10.7 Å². The maximum absolute atomic E-state index is 12.7. The second-order valence-corrected chi connectivity index (χ2v) is 9.13. The number of likely N-dealkylation sites (tertiary alicyclic amines) is 1. The molecule has 1 aromatic carbocycles. The Labute approximate surface area is 169 Å². The SMILES string of the molecule is CC(C)CN(c1ccc(N)c(Cl)c1)C1CCN(C(=O)CCC2CCCC2)C1. The van der Waals surface area contributed by atoms with E-state index in [1.54, 1.807) is 0 Å². The van der Waals surface area contributed by atoms with Gasteiger partial charge in [0.1, 0.15) is 0 Å². The molecule has 1 heterocycles. The van der Waals surface area contributed by atoms with Gasteiger partial charge in [0.15, 0.2) is 0 Å². The van der Waals surface area contributed by atoms with E-state index < -0.39 is 0 Å². The number of nitrogens with zero attached hydrogens (tertiary/aromatic N) is 2. The summed E-state index contributed by atoms with van der Waals surface area (Å²) in [6.07, 6.45) is 8.13. The van der Waals surface area contributed by atoms with Crippen molar-refractivity contribution in [3.8, 4) is 0 Å². The average molecular weight is 392 g/mol. The third-order valence-corrected chi connectivity index (χ3v) is 6.40. The van der Waals surface area contributed by atoms with Crippen LogP contribution in [0.4, 0.5) is 11.4 Å².